The van der Waals surface area contributed by atoms with Gasteiger partial charge in [0.2, 0.25) is 0 Å². The third-order valence-corrected chi connectivity index (χ3v) is 6.18. The number of benzene rings is 2. The lowest BCUT2D eigenvalue weighted by molar-refractivity contribution is 0.601. The second kappa shape index (κ2) is 6.60. The predicted octanol–water partition coefficient (Wildman–Crippen LogP) is 4.68. The van der Waals surface area contributed by atoms with E-state index in [1.165, 1.54) is 0 Å². The summed E-state index contributed by atoms with van der Waals surface area (Å²) in [6.45, 7) is 0. The SMILES string of the molecule is Cn1cc(-c2ccc(S(=O)(=O)Nc3ccc(Cl)c4c(Cl)c[nH]c34)cc2)cn1. The van der Waals surface area contributed by atoms with Gasteiger partial charge in [-0.25, -0.2) is 8.42 Å². The summed E-state index contributed by atoms with van der Waals surface area (Å²) < 4.78 is 29.8. The Balaban J connectivity index is 1.67. The lowest BCUT2D eigenvalue weighted by Crippen LogP contribution is -2.13. The zero-order valence-electron chi connectivity index (χ0n) is 14.1. The van der Waals surface area contributed by atoms with Crippen molar-refractivity contribution in [3.05, 3.63) is 65.0 Å². The second-order valence-electron chi connectivity index (χ2n) is 6.01. The van der Waals surface area contributed by atoms with E-state index in [0.717, 1.165) is 11.1 Å². The summed E-state index contributed by atoms with van der Waals surface area (Å²) in [5.74, 6) is 0. The van der Waals surface area contributed by atoms with Crippen LogP contribution in [0.4, 0.5) is 5.69 Å². The summed E-state index contributed by atoms with van der Waals surface area (Å²) in [7, 11) is -1.95. The molecule has 0 aliphatic heterocycles. The van der Waals surface area contributed by atoms with Gasteiger partial charge < -0.3 is 4.98 Å². The molecule has 2 N–H and O–H groups in total. The molecule has 2 aromatic carbocycles. The minimum absolute atomic E-state index is 0.149. The van der Waals surface area contributed by atoms with Crippen LogP contribution in [0.5, 0.6) is 0 Å². The average molecular weight is 421 g/mol. The molecule has 4 aromatic rings. The van der Waals surface area contributed by atoms with Crippen LogP contribution in [-0.2, 0) is 17.1 Å². The Kier molecular flexibility index (Phi) is 4.38. The van der Waals surface area contributed by atoms with Gasteiger partial charge in [0.15, 0.2) is 0 Å². The molecule has 9 heteroatoms. The number of fused-ring (bicyclic) bond motifs is 1. The molecule has 0 bridgehead atoms. The highest BCUT2D eigenvalue weighted by Gasteiger charge is 2.18. The second-order valence-corrected chi connectivity index (χ2v) is 8.51. The Morgan fingerprint density at radius 1 is 1.04 bits per heavy atom. The normalized spacial score (nSPS) is 11.8. The number of hydrogen-bond acceptors (Lipinski definition) is 3. The molecule has 0 saturated carbocycles. The first-order chi connectivity index (χ1) is 12.8. The molecule has 0 atom stereocenters. The van der Waals surface area contributed by atoms with Crippen LogP contribution in [0.3, 0.4) is 0 Å². The first-order valence-electron chi connectivity index (χ1n) is 7.92. The Bertz CT molecular complexity index is 1240. The van der Waals surface area contributed by atoms with Crippen molar-refractivity contribution in [2.45, 2.75) is 4.90 Å². The number of nitrogens with zero attached hydrogens (tertiary/aromatic N) is 2. The predicted molar refractivity (Wildman–Crippen MR) is 108 cm³/mol. The molecule has 0 fully saturated rings. The summed E-state index contributed by atoms with van der Waals surface area (Å²) >= 11 is 12.3. The maximum Gasteiger partial charge on any atom is 0.261 e. The number of halogens is 2. The van der Waals surface area contributed by atoms with Crippen molar-refractivity contribution < 1.29 is 8.42 Å². The van der Waals surface area contributed by atoms with Crippen molar-refractivity contribution >= 4 is 49.8 Å². The van der Waals surface area contributed by atoms with Crippen LogP contribution >= 0.6 is 23.2 Å². The number of anilines is 1. The lowest BCUT2D eigenvalue weighted by Gasteiger charge is -2.10. The van der Waals surface area contributed by atoms with E-state index in [2.05, 4.69) is 14.8 Å². The topological polar surface area (TPSA) is 79.8 Å². The molecule has 2 heterocycles. The summed E-state index contributed by atoms with van der Waals surface area (Å²) in [6.07, 6.45) is 5.15. The summed E-state index contributed by atoms with van der Waals surface area (Å²) in [4.78, 5) is 3.10. The van der Waals surface area contributed by atoms with Crippen molar-refractivity contribution in [1.29, 1.82) is 0 Å². The molecule has 0 spiro atoms. The van der Waals surface area contributed by atoms with Crippen LogP contribution in [0, 0.1) is 0 Å². The van der Waals surface area contributed by atoms with Gasteiger partial charge in [0.1, 0.15) is 0 Å². The van der Waals surface area contributed by atoms with Gasteiger partial charge in [-0.15, -0.1) is 0 Å². The summed E-state index contributed by atoms with van der Waals surface area (Å²) in [5, 5.41) is 5.57. The van der Waals surface area contributed by atoms with Gasteiger partial charge in [0.05, 0.1) is 32.3 Å². The zero-order valence-corrected chi connectivity index (χ0v) is 16.4. The highest BCUT2D eigenvalue weighted by molar-refractivity contribution is 7.92. The molecular formula is C18H14Cl2N4O2S. The quantitative estimate of drug-likeness (QED) is 0.502. The highest BCUT2D eigenvalue weighted by atomic mass is 35.5. The number of aromatic amines is 1. The van der Waals surface area contributed by atoms with Crippen LogP contribution in [0.2, 0.25) is 10.0 Å². The number of hydrogen-bond donors (Lipinski definition) is 2. The van der Waals surface area contributed by atoms with Crippen molar-refractivity contribution in [1.82, 2.24) is 14.8 Å². The van der Waals surface area contributed by atoms with Crippen LogP contribution in [0.15, 0.2) is 59.9 Å². The van der Waals surface area contributed by atoms with Crippen molar-refractivity contribution in [2.75, 3.05) is 4.72 Å². The standard InChI is InChI=1S/C18H14Cl2N4O2S/c1-24-10-12(8-22-24)11-2-4-13(5-3-11)27(25,26)23-16-7-6-14(19)17-15(20)9-21-18(16)17/h2-10,21,23H,1H3. The minimum atomic E-state index is -3.78. The average Bonchev–Trinajstić information content (AvgIpc) is 3.24. The van der Waals surface area contributed by atoms with Gasteiger partial charge in [-0.3, -0.25) is 9.40 Å². The lowest BCUT2D eigenvalue weighted by atomic mass is 10.1. The molecule has 138 valence electrons. The first-order valence-corrected chi connectivity index (χ1v) is 10.2. The Morgan fingerprint density at radius 2 is 1.78 bits per heavy atom. The van der Waals surface area contributed by atoms with Gasteiger partial charge in [0, 0.05) is 30.4 Å². The smallest absolute Gasteiger partial charge is 0.261 e. The fraction of sp³-hybridized carbons (Fsp3) is 0.0556. The first kappa shape index (κ1) is 17.9. The monoisotopic (exact) mass is 420 g/mol. The van der Waals surface area contributed by atoms with Crippen molar-refractivity contribution in [3.8, 4) is 11.1 Å². The molecule has 0 aliphatic rings. The summed E-state index contributed by atoms with van der Waals surface area (Å²) in [5.41, 5.74) is 2.70. The number of H-pyrrole nitrogens is 1. The number of aromatic nitrogens is 3. The third-order valence-electron chi connectivity index (χ3n) is 4.18. The number of sulfonamides is 1. The van der Waals surface area contributed by atoms with E-state index in [1.54, 1.807) is 53.5 Å². The largest absolute Gasteiger partial charge is 0.358 e. The van der Waals surface area contributed by atoms with E-state index in [1.807, 2.05) is 13.2 Å². The van der Waals surface area contributed by atoms with Crippen LogP contribution in [0.1, 0.15) is 0 Å². The fourth-order valence-corrected chi connectivity index (χ4v) is 4.48. The van der Waals surface area contributed by atoms with Gasteiger partial charge >= 0.3 is 0 Å². The van der Waals surface area contributed by atoms with E-state index in [9.17, 15) is 8.42 Å². The molecule has 0 radical (unpaired) electrons. The van der Waals surface area contributed by atoms with Crippen molar-refractivity contribution in [2.24, 2.45) is 7.05 Å². The maximum absolute atomic E-state index is 12.8. The van der Waals surface area contributed by atoms with E-state index in [0.29, 0.717) is 26.6 Å². The molecule has 0 unspecified atom stereocenters. The molecule has 2 aromatic heterocycles. The molecule has 4 rings (SSSR count). The van der Waals surface area contributed by atoms with Crippen molar-refractivity contribution in [3.63, 3.8) is 0 Å². The number of nitrogens with one attached hydrogen (secondary N) is 2. The molecule has 27 heavy (non-hydrogen) atoms. The summed E-state index contributed by atoms with van der Waals surface area (Å²) in [6, 6.07) is 9.80. The van der Waals surface area contributed by atoms with E-state index in [-0.39, 0.29) is 4.90 Å². The third kappa shape index (κ3) is 3.29. The maximum atomic E-state index is 12.8. The zero-order chi connectivity index (χ0) is 19.2. The van der Waals surface area contributed by atoms with Crippen LogP contribution in [0.25, 0.3) is 22.0 Å². The minimum Gasteiger partial charge on any atom is -0.358 e. The highest BCUT2D eigenvalue weighted by Crippen LogP contribution is 2.35. The fourth-order valence-electron chi connectivity index (χ4n) is 2.85. The van der Waals surface area contributed by atoms with Gasteiger partial charge in [-0.1, -0.05) is 35.3 Å². The van der Waals surface area contributed by atoms with Gasteiger partial charge in [-0.2, -0.15) is 5.10 Å². The molecular weight excluding hydrogens is 407 g/mol. The van der Waals surface area contributed by atoms with E-state index in [4.69, 9.17) is 23.2 Å². The number of aryl methyl sites for hydroxylation is 1. The molecule has 6 nitrogen and oxygen atoms in total. The molecule has 0 amide bonds. The van der Waals surface area contributed by atoms with Crippen LogP contribution in [-0.4, -0.2) is 23.2 Å². The van der Waals surface area contributed by atoms with Crippen LogP contribution < -0.4 is 4.72 Å². The number of rotatable bonds is 4. The Morgan fingerprint density at radius 3 is 2.44 bits per heavy atom. The van der Waals surface area contributed by atoms with Gasteiger partial charge in [-0.05, 0) is 29.8 Å². The Hall–Kier alpha value is -2.48. The van der Waals surface area contributed by atoms with E-state index >= 15 is 0 Å². The van der Waals surface area contributed by atoms with Gasteiger partial charge in [0.25, 0.3) is 10.0 Å². The molecule has 0 aliphatic carbocycles. The van der Waals surface area contributed by atoms with E-state index < -0.39 is 10.0 Å². The Labute approximate surface area is 165 Å². The molecule has 0 saturated heterocycles.